The van der Waals surface area contributed by atoms with Crippen molar-refractivity contribution in [3.63, 3.8) is 0 Å². The molecule has 29 heavy (non-hydrogen) atoms. The number of aryl methyl sites for hydroxylation is 1. The highest BCUT2D eigenvalue weighted by Gasteiger charge is 2.13. The van der Waals surface area contributed by atoms with Gasteiger partial charge in [-0.05, 0) is 13.8 Å². The van der Waals surface area contributed by atoms with Gasteiger partial charge in [0.15, 0.2) is 5.13 Å². The average Bonchev–Trinajstić information content (AvgIpc) is 3.12. The Balaban J connectivity index is 1.67. The fourth-order valence-electron chi connectivity index (χ4n) is 2.68. The molecule has 0 unspecified atom stereocenters. The molecule has 1 aromatic carbocycles. The number of thiazole rings is 1. The van der Waals surface area contributed by atoms with E-state index in [2.05, 4.69) is 15.3 Å². The Hall–Kier alpha value is -3.33. The fourth-order valence-corrected chi connectivity index (χ4v) is 3.40. The first-order valence-electron chi connectivity index (χ1n) is 9.00. The van der Waals surface area contributed by atoms with Gasteiger partial charge in [0.25, 0.3) is 5.56 Å². The Morgan fingerprint density at radius 1 is 1.21 bits per heavy atom. The lowest BCUT2D eigenvalue weighted by Gasteiger charge is -2.10. The van der Waals surface area contributed by atoms with Crippen molar-refractivity contribution in [2.45, 2.75) is 26.8 Å². The highest BCUT2D eigenvalue weighted by atomic mass is 32.1. The molecule has 0 aliphatic carbocycles. The molecule has 0 radical (unpaired) electrons. The van der Waals surface area contributed by atoms with Crippen molar-refractivity contribution in [1.82, 2.24) is 14.5 Å². The summed E-state index contributed by atoms with van der Waals surface area (Å²) in [6, 6.07) is 10.8. The number of carbonyl (C=O) groups is 2. The Morgan fingerprint density at radius 2 is 1.97 bits per heavy atom. The van der Waals surface area contributed by atoms with E-state index in [0.717, 1.165) is 5.56 Å². The molecule has 0 atom stereocenters. The van der Waals surface area contributed by atoms with Crippen molar-refractivity contribution in [1.29, 1.82) is 0 Å². The lowest BCUT2D eigenvalue weighted by Crippen LogP contribution is -2.29. The van der Waals surface area contributed by atoms with Crippen molar-refractivity contribution < 1.29 is 14.3 Å². The molecule has 0 saturated heterocycles. The smallest absolute Gasteiger partial charge is 0.311 e. The van der Waals surface area contributed by atoms with Crippen LogP contribution in [0.5, 0.6) is 0 Å². The van der Waals surface area contributed by atoms with Gasteiger partial charge in [-0.15, -0.1) is 11.3 Å². The first-order valence-corrected chi connectivity index (χ1v) is 9.88. The summed E-state index contributed by atoms with van der Waals surface area (Å²) in [6.45, 7) is 3.54. The second-order valence-electron chi connectivity index (χ2n) is 6.15. The van der Waals surface area contributed by atoms with Gasteiger partial charge in [0.1, 0.15) is 12.4 Å². The summed E-state index contributed by atoms with van der Waals surface area (Å²) in [7, 11) is 0. The molecule has 1 N–H and O–H groups in total. The molecule has 150 valence electrons. The van der Waals surface area contributed by atoms with Gasteiger partial charge in [0.05, 0.1) is 24.4 Å². The minimum Gasteiger partial charge on any atom is -0.466 e. The first-order chi connectivity index (χ1) is 14.0. The average molecular weight is 412 g/mol. The number of benzene rings is 1. The Morgan fingerprint density at radius 3 is 2.66 bits per heavy atom. The second kappa shape index (κ2) is 9.24. The monoisotopic (exact) mass is 412 g/mol. The highest BCUT2D eigenvalue weighted by Crippen LogP contribution is 2.17. The lowest BCUT2D eigenvalue weighted by molar-refractivity contribution is -0.142. The van der Waals surface area contributed by atoms with Crippen LogP contribution >= 0.6 is 11.3 Å². The topological polar surface area (TPSA) is 103 Å². The largest absolute Gasteiger partial charge is 0.466 e. The van der Waals surface area contributed by atoms with Crippen LogP contribution in [0.25, 0.3) is 11.3 Å². The third-order valence-corrected chi connectivity index (χ3v) is 4.81. The maximum Gasteiger partial charge on any atom is 0.311 e. The van der Waals surface area contributed by atoms with E-state index in [-0.39, 0.29) is 24.5 Å². The van der Waals surface area contributed by atoms with Crippen LogP contribution in [0.15, 0.2) is 46.6 Å². The van der Waals surface area contributed by atoms with Crippen LogP contribution in [-0.2, 0) is 27.3 Å². The normalized spacial score (nSPS) is 10.6. The van der Waals surface area contributed by atoms with E-state index < -0.39 is 5.91 Å². The van der Waals surface area contributed by atoms with E-state index in [0.29, 0.717) is 29.0 Å². The molecule has 3 aromatic rings. The SMILES string of the molecule is CCOC(=O)Cc1csc(NC(=O)Cn2c(C)nc(-c3ccccc3)cc2=O)n1. The molecule has 3 rings (SSSR count). The van der Waals surface area contributed by atoms with Crippen molar-refractivity contribution in [2.75, 3.05) is 11.9 Å². The summed E-state index contributed by atoms with van der Waals surface area (Å²) >= 11 is 1.20. The number of anilines is 1. The van der Waals surface area contributed by atoms with Crippen molar-refractivity contribution in [3.05, 3.63) is 63.7 Å². The molecule has 0 aliphatic heterocycles. The number of nitrogens with zero attached hydrogens (tertiary/aromatic N) is 3. The van der Waals surface area contributed by atoms with Gasteiger partial charge in [-0.3, -0.25) is 19.0 Å². The van der Waals surface area contributed by atoms with Crippen LogP contribution in [0.1, 0.15) is 18.4 Å². The maximum absolute atomic E-state index is 12.5. The number of hydrogen-bond donors (Lipinski definition) is 1. The minimum absolute atomic E-state index is 0.0453. The quantitative estimate of drug-likeness (QED) is 0.598. The third kappa shape index (κ3) is 5.35. The molecule has 1 amide bonds. The second-order valence-corrected chi connectivity index (χ2v) is 7.01. The van der Waals surface area contributed by atoms with Crippen molar-refractivity contribution in [2.24, 2.45) is 0 Å². The summed E-state index contributed by atoms with van der Waals surface area (Å²) in [5.41, 5.74) is 1.61. The van der Waals surface area contributed by atoms with Crippen LogP contribution in [0.3, 0.4) is 0 Å². The van der Waals surface area contributed by atoms with Crippen LogP contribution in [0, 0.1) is 6.92 Å². The van der Waals surface area contributed by atoms with E-state index in [1.54, 1.807) is 19.2 Å². The van der Waals surface area contributed by atoms with Crippen LogP contribution < -0.4 is 10.9 Å². The minimum atomic E-state index is -0.401. The molecule has 0 aliphatic rings. The number of carbonyl (C=O) groups excluding carboxylic acids is 2. The molecule has 0 fully saturated rings. The number of ether oxygens (including phenoxy) is 1. The van der Waals surface area contributed by atoms with E-state index in [1.807, 2.05) is 30.3 Å². The summed E-state index contributed by atoms with van der Waals surface area (Å²) in [6.07, 6.45) is 0.0453. The predicted molar refractivity (Wildman–Crippen MR) is 110 cm³/mol. The zero-order chi connectivity index (χ0) is 20.8. The predicted octanol–water partition coefficient (Wildman–Crippen LogP) is 2.42. The van der Waals surface area contributed by atoms with Gasteiger partial charge in [-0.2, -0.15) is 0 Å². The number of rotatable bonds is 7. The van der Waals surface area contributed by atoms with E-state index in [9.17, 15) is 14.4 Å². The first kappa shape index (κ1) is 20.4. The van der Waals surface area contributed by atoms with Gasteiger partial charge in [0.2, 0.25) is 5.91 Å². The highest BCUT2D eigenvalue weighted by molar-refractivity contribution is 7.13. The van der Waals surface area contributed by atoms with Crippen molar-refractivity contribution >= 4 is 28.3 Å². The van der Waals surface area contributed by atoms with Crippen molar-refractivity contribution in [3.8, 4) is 11.3 Å². The molecule has 0 bridgehead atoms. The Bertz CT molecular complexity index is 1080. The summed E-state index contributed by atoms with van der Waals surface area (Å²) in [5, 5.41) is 4.68. The van der Waals surface area contributed by atoms with Gasteiger partial charge in [0, 0.05) is 17.0 Å². The molecule has 9 heteroatoms. The number of amides is 1. The van der Waals surface area contributed by atoms with Crippen LogP contribution in [0.2, 0.25) is 0 Å². The lowest BCUT2D eigenvalue weighted by atomic mass is 10.1. The zero-order valence-corrected chi connectivity index (χ0v) is 16.9. The number of aromatic nitrogens is 3. The zero-order valence-electron chi connectivity index (χ0n) is 16.0. The number of hydrogen-bond acceptors (Lipinski definition) is 7. The molecular formula is C20H20N4O4S. The molecule has 2 heterocycles. The summed E-state index contributed by atoms with van der Waals surface area (Å²) in [5.74, 6) is -0.336. The number of esters is 1. The Labute approximate surface area is 171 Å². The van der Waals surface area contributed by atoms with E-state index in [1.165, 1.54) is 22.0 Å². The summed E-state index contributed by atoms with van der Waals surface area (Å²) in [4.78, 5) is 45.0. The number of nitrogens with one attached hydrogen (secondary N) is 1. The van der Waals surface area contributed by atoms with Crippen LogP contribution in [-0.4, -0.2) is 33.0 Å². The van der Waals surface area contributed by atoms with Crippen LogP contribution in [0.4, 0.5) is 5.13 Å². The van der Waals surface area contributed by atoms with E-state index in [4.69, 9.17) is 4.74 Å². The van der Waals surface area contributed by atoms with E-state index >= 15 is 0 Å². The maximum atomic E-state index is 12.5. The molecule has 0 saturated carbocycles. The molecule has 8 nitrogen and oxygen atoms in total. The standard InChI is InChI=1S/C20H20N4O4S/c1-3-28-19(27)9-15-12-29-20(22-15)23-17(25)11-24-13(2)21-16(10-18(24)26)14-7-5-4-6-8-14/h4-8,10,12H,3,9,11H2,1-2H3,(H,22,23,25). The van der Waals surface area contributed by atoms with Gasteiger partial charge >= 0.3 is 5.97 Å². The molecule has 0 spiro atoms. The van der Waals surface area contributed by atoms with Gasteiger partial charge in [-0.1, -0.05) is 30.3 Å². The third-order valence-electron chi connectivity index (χ3n) is 4.00. The van der Waals surface area contributed by atoms with Gasteiger partial charge in [-0.25, -0.2) is 9.97 Å². The van der Waals surface area contributed by atoms with Gasteiger partial charge < -0.3 is 10.1 Å². The fraction of sp³-hybridized carbons (Fsp3) is 0.250. The Kier molecular flexibility index (Phi) is 6.50. The molecular weight excluding hydrogens is 392 g/mol. The molecule has 2 aromatic heterocycles. The summed E-state index contributed by atoms with van der Waals surface area (Å²) < 4.78 is 6.18.